The van der Waals surface area contributed by atoms with Crippen LogP contribution in [-0.2, 0) is 11.3 Å². The van der Waals surface area contributed by atoms with Gasteiger partial charge in [-0.2, -0.15) is 0 Å². The molecule has 10 heteroatoms. The van der Waals surface area contributed by atoms with Gasteiger partial charge in [0.1, 0.15) is 23.9 Å². The van der Waals surface area contributed by atoms with Crippen LogP contribution in [0.3, 0.4) is 0 Å². The number of benzene rings is 1. The molecule has 0 N–H and O–H groups in total. The third kappa shape index (κ3) is 4.35. The number of hydrogen-bond acceptors (Lipinski definition) is 5. The summed E-state index contributed by atoms with van der Waals surface area (Å²) in [7, 11) is 0. The number of anilines is 1. The van der Waals surface area contributed by atoms with Crippen LogP contribution < -0.4 is 10.3 Å². The number of alkyl halides is 1. The van der Waals surface area contributed by atoms with Crippen molar-refractivity contribution in [3.63, 3.8) is 0 Å². The van der Waals surface area contributed by atoms with Gasteiger partial charge < -0.3 is 18.8 Å². The topological polar surface area (TPSA) is 75.8 Å². The van der Waals surface area contributed by atoms with Crippen molar-refractivity contribution in [1.82, 2.24) is 9.47 Å². The second-order valence-electron chi connectivity index (χ2n) is 7.88. The van der Waals surface area contributed by atoms with Crippen LogP contribution in [0, 0.1) is 11.6 Å². The van der Waals surface area contributed by atoms with Gasteiger partial charge in [-0.1, -0.05) is 0 Å². The number of fused-ring (bicyclic) bond motifs is 1. The highest BCUT2D eigenvalue weighted by atomic mass is 19.1. The van der Waals surface area contributed by atoms with Crippen molar-refractivity contribution < 1.29 is 27.2 Å². The number of furan rings is 1. The van der Waals surface area contributed by atoms with Crippen LogP contribution in [0.15, 0.2) is 45.9 Å². The van der Waals surface area contributed by atoms with E-state index in [2.05, 4.69) is 0 Å². The Labute approximate surface area is 192 Å². The van der Waals surface area contributed by atoms with Gasteiger partial charge in [-0.05, 0) is 30.4 Å². The predicted molar refractivity (Wildman–Crippen MR) is 121 cm³/mol. The molecule has 0 atom stereocenters. The van der Waals surface area contributed by atoms with E-state index < -0.39 is 29.5 Å². The van der Waals surface area contributed by atoms with E-state index in [4.69, 9.17) is 4.42 Å². The summed E-state index contributed by atoms with van der Waals surface area (Å²) in [6.45, 7) is 1.17. The molecular formula is C24H22F3N3O4. The fourth-order valence-electron chi connectivity index (χ4n) is 4.09. The highest BCUT2D eigenvalue weighted by molar-refractivity contribution is 6.08. The second-order valence-corrected chi connectivity index (χ2v) is 7.88. The maximum atomic E-state index is 15.6. The van der Waals surface area contributed by atoms with E-state index >= 15 is 8.78 Å². The molecule has 1 aliphatic rings. The Balaban J connectivity index is 1.79. The van der Waals surface area contributed by atoms with Crippen LogP contribution in [-0.4, -0.2) is 54.0 Å². The van der Waals surface area contributed by atoms with Crippen LogP contribution >= 0.6 is 0 Å². The Kier molecular flexibility index (Phi) is 6.58. The van der Waals surface area contributed by atoms with Gasteiger partial charge in [0, 0.05) is 39.3 Å². The van der Waals surface area contributed by atoms with Crippen molar-refractivity contribution in [3.05, 3.63) is 69.9 Å². The van der Waals surface area contributed by atoms with Crippen molar-refractivity contribution in [3.8, 4) is 0 Å². The van der Waals surface area contributed by atoms with Gasteiger partial charge in [-0.3, -0.25) is 14.4 Å². The standard InChI is InChI=1S/C24H22F3N3O4/c1-15(31)28-8-10-29(11-9-28)23-19(26)13-17-22(21(23)27)30(7-6-25)14-18(24(17)33)20(32)5-4-16-3-2-12-34-16/h2-5,12-14H,6-11H2,1H3. The van der Waals surface area contributed by atoms with Crippen molar-refractivity contribution >= 4 is 34.4 Å². The minimum Gasteiger partial charge on any atom is -0.465 e. The molecule has 1 aliphatic heterocycles. The van der Waals surface area contributed by atoms with Crippen LogP contribution in [0.5, 0.6) is 0 Å². The Morgan fingerprint density at radius 2 is 1.91 bits per heavy atom. The summed E-state index contributed by atoms with van der Waals surface area (Å²) in [6.07, 6.45) is 4.97. The summed E-state index contributed by atoms with van der Waals surface area (Å²) in [6, 6.07) is 4.11. The van der Waals surface area contributed by atoms with Crippen molar-refractivity contribution in [2.45, 2.75) is 13.5 Å². The number of halogens is 3. The van der Waals surface area contributed by atoms with E-state index in [1.165, 1.54) is 24.2 Å². The molecule has 0 saturated carbocycles. The van der Waals surface area contributed by atoms with Crippen LogP contribution in [0.2, 0.25) is 0 Å². The molecule has 0 spiro atoms. The van der Waals surface area contributed by atoms with E-state index in [1.54, 1.807) is 17.0 Å². The molecule has 1 aromatic carbocycles. The van der Waals surface area contributed by atoms with Gasteiger partial charge in [-0.15, -0.1) is 0 Å². The van der Waals surface area contributed by atoms with Crippen LogP contribution in [0.1, 0.15) is 23.0 Å². The summed E-state index contributed by atoms with van der Waals surface area (Å²) in [4.78, 5) is 40.3. The SMILES string of the molecule is CC(=O)N1CCN(c2c(F)cc3c(=O)c(C(=O)C=Cc4ccco4)cn(CCF)c3c2F)CC1. The zero-order valence-corrected chi connectivity index (χ0v) is 18.4. The summed E-state index contributed by atoms with van der Waals surface area (Å²) < 4.78 is 50.3. The van der Waals surface area contributed by atoms with E-state index in [-0.39, 0.29) is 47.7 Å². The zero-order valence-electron chi connectivity index (χ0n) is 18.4. The molecule has 34 heavy (non-hydrogen) atoms. The van der Waals surface area contributed by atoms with Gasteiger partial charge in [0.2, 0.25) is 11.3 Å². The average molecular weight is 473 g/mol. The number of aromatic nitrogens is 1. The van der Waals surface area contributed by atoms with E-state index in [1.807, 2.05) is 0 Å². The molecule has 178 valence electrons. The number of pyridine rings is 1. The van der Waals surface area contributed by atoms with Gasteiger partial charge in [0.25, 0.3) is 0 Å². The normalized spacial score (nSPS) is 14.4. The molecule has 0 bridgehead atoms. The summed E-state index contributed by atoms with van der Waals surface area (Å²) >= 11 is 0. The number of allylic oxidation sites excluding steroid dienone is 1. The first-order valence-electron chi connectivity index (χ1n) is 10.7. The molecule has 1 saturated heterocycles. The highest BCUT2D eigenvalue weighted by Gasteiger charge is 2.27. The molecule has 1 amide bonds. The predicted octanol–water partition coefficient (Wildman–Crippen LogP) is 3.41. The first kappa shape index (κ1) is 23.3. The lowest BCUT2D eigenvalue weighted by Crippen LogP contribution is -2.48. The Hall–Kier alpha value is -3.82. The molecule has 4 rings (SSSR count). The number of amides is 1. The third-order valence-corrected chi connectivity index (χ3v) is 5.80. The number of piperazine rings is 1. The number of nitrogens with zero attached hydrogens (tertiary/aromatic N) is 3. The highest BCUT2D eigenvalue weighted by Crippen LogP contribution is 2.31. The molecule has 1 fully saturated rings. The van der Waals surface area contributed by atoms with Crippen LogP contribution in [0.4, 0.5) is 18.9 Å². The molecule has 0 aliphatic carbocycles. The number of rotatable bonds is 6. The summed E-state index contributed by atoms with van der Waals surface area (Å²) in [5.41, 5.74) is -1.82. The Morgan fingerprint density at radius 3 is 2.53 bits per heavy atom. The molecule has 3 aromatic rings. The van der Waals surface area contributed by atoms with E-state index in [9.17, 15) is 18.8 Å². The number of carbonyl (C=O) groups is 2. The quantitative estimate of drug-likeness (QED) is 0.405. The largest absolute Gasteiger partial charge is 0.465 e. The van der Waals surface area contributed by atoms with E-state index in [0.29, 0.717) is 18.8 Å². The fourth-order valence-corrected chi connectivity index (χ4v) is 4.09. The maximum absolute atomic E-state index is 15.6. The maximum Gasteiger partial charge on any atom is 0.219 e. The Morgan fingerprint density at radius 1 is 1.18 bits per heavy atom. The number of carbonyl (C=O) groups excluding carboxylic acids is 2. The lowest BCUT2D eigenvalue weighted by atomic mass is 10.1. The van der Waals surface area contributed by atoms with Crippen molar-refractivity contribution in [1.29, 1.82) is 0 Å². The van der Waals surface area contributed by atoms with Gasteiger partial charge >= 0.3 is 0 Å². The lowest BCUT2D eigenvalue weighted by molar-refractivity contribution is -0.129. The van der Waals surface area contributed by atoms with Crippen molar-refractivity contribution in [2.24, 2.45) is 0 Å². The first-order valence-corrected chi connectivity index (χ1v) is 10.7. The van der Waals surface area contributed by atoms with Gasteiger partial charge in [-0.25, -0.2) is 13.2 Å². The minimum absolute atomic E-state index is 0.130. The third-order valence-electron chi connectivity index (χ3n) is 5.80. The lowest BCUT2D eigenvalue weighted by Gasteiger charge is -2.36. The monoisotopic (exact) mass is 473 g/mol. The van der Waals surface area contributed by atoms with E-state index in [0.717, 1.165) is 22.9 Å². The molecule has 2 aromatic heterocycles. The number of ketones is 1. The molecule has 0 unspecified atom stereocenters. The first-order chi connectivity index (χ1) is 16.3. The smallest absolute Gasteiger partial charge is 0.219 e. The average Bonchev–Trinajstić information content (AvgIpc) is 3.33. The van der Waals surface area contributed by atoms with Gasteiger partial charge in [0.05, 0.1) is 29.3 Å². The molecule has 0 radical (unpaired) electrons. The van der Waals surface area contributed by atoms with Gasteiger partial charge in [0.15, 0.2) is 11.6 Å². The number of hydrogen-bond donors (Lipinski definition) is 0. The van der Waals surface area contributed by atoms with Crippen molar-refractivity contribution in [2.75, 3.05) is 37.8 Å². The molecule has 3 heterocycles. The van der Waals surface area contributed by atoms with Crippen LogP contribution in [0.25, 0.3) is 17.0 Å². The zero-order chi connectivity index (χ0) is 24.4. The second kappa shape index (κ2) is 9.58. The Bertz CT molecular complexity index is 1320. The molecular weight excluding hydrogens is 451 g/mol. The summed E-state index contributed by atoms with van der Waals surface area (Å²) in [5, 5.41) is -0.355. The molecule has 7 nitrogen and oxygen atoms in total. The minimum atomic E-state index is -1.01. The number of aryl methyl sites for hydroxylation is 1. The summed E-state index contributed by atoms with van der Waals surface area (Å²) in [5.74, 6) is -2.44. The fraction of sp³-hybridized carbons (Fsp3) is 0.292.